The molecule has 0 bridgehead atoms. The average Bonchev–Trinajstić information content (AvgIpc) is 3.00. The fourth-order valence-electron chi connectivity index (χ4n) is 2.58. The maximum Gasteiger partial charge on any atom is 0.180 e. The van der Waals surface area contributed by atoms with Crippen LogP contribution in [-0.2, 0) is 5.41 Å². The van der Waals surface area contributed by atoms with Gasteiger partial charge in [0.1, 0.15) is 5.69 Å². The first-order chi connectivity index (χ1) is 12.6. The minimum absolute atomic E-state index is 0.0182. The van der Waals surface area contributed by atoms with Crippen molar-refractivity contribution in [1.82, 2.24) is 19.9 Å². The molecule has 3 aromatic heterocycles. The lowest BCUT2D eigenvalue weighted by atomic mass is 9.91. The number of nitrogens with zero attached hydrogens (tertiary/aromatic N) is 4. The molecule has 2 N–H and O–H groups in total. The van der Waals surface area contributed by atoms with E-state index in [2.05, 4.69) is 66.8 Å². The molecule has 0 atom stereocenters. The predicted molar refractivity (Wildman–Crippen MR) is 113 cm³/mol. The molecule has 3 aromatic rings. The predicted octanol–water partition coefficient (Wildman–Crippen LogP) is 5.11. The maximum absolute atomic E-state index is 4.78. The number of hydrogen-bond donors (Lipinski definition) is 2. The van der Waals surface area contributed by atoms with E-state index < -0.39 is 0 Å². The summed E-state index contributed by atoms with van der Waals surface area (Å²) in [7, 11) is 1.87. The van der Waals surface area contributed by atoms with E-state index in [-0.39, 0.29) is 10.8 Å². The second-order valence-electron chi connectivity index (χ2n) is 8.85. The zero-order valence-electron chi connectivity index (χ0n) is 17.2. The highest BCUT2D eigenvalue weighted by atomic mass is 15.1. The van der Waals surface area contributed by atoms with Crippen LogP contribution in [0.1, 0.15) is 47.2 Å². The topological polar surface area (TPSA) is 78.9 Å². The second kappa shape index (κ2) is 6.76. The van der Waals surface area contributed by atoms with E-state index in [4.69, 9.17) is 4.98 Å². The van der Waals surface area contributed by atoms with Crippen LogP contribution in [0.25, 0.3) is 22.7 Å². The second-order valence-corrected chi connectivity index (χ2v) is 8.85. The van der Waals surface area contributed by atoms with Gasteiger partial charge in [0, 0.05) is 24.4 Å². The Morgan fingerprint density at radius 3 is 2.41 bits per heavy atom. The number of aliphatic imine (C=N–C) groups is 1. The highest BCUT2D eigenvalue weighted by molar-refractivity contribution is 5.84. The Morgan fingerprint density at radius 1 is 1.04 bits per heavy atom. The molecule has 27 heavy (non-hydrogen) atoms. The van der Waals surface area contributed by atoms with E-state index in [1.165, 1.54) is 0 Å². The summed E-state index contributed by atoms with van der Waals surface area (Å²) in [6.45, 7) is 12.8. The molecule has 6 nitrogen and oxygen atoms in total. The third-order valence-corrected chi connectivity index (χ3v) is 4.06. The molecule has 0 fully saturated rings. The van der Waals surface area contributed by atoms with Gasteiger partial charge in [-0.05, 0) is 23.6 Å². The van der Waals surface area contributed by atoms with E-state index >= 15 is 0 Å². The number of hydrogen-bond acceptors (Lipinski definition) is 5. The largest absolute Gasteiger partial charge is 0.385 e. The molecule has 0 saturated carbocycles. The minimum Gasteiger partial charge on any atom is -0.385 e. The molecular weight excluding hydrogens is 336 g/mol. The first-order valence-electron chi connectivity index (χ1n) is 9.18. The van der Waals surface area contributed by atoms with E-state index in [1.54, 1.807) is 0 Å². The van der Waals surface area contributed by atoms with Gasteiger partial charge in [0.2, 0.25) is 0 Å². The summed E-state index contributed by atoms with van der Waals surface area (Å²) in [5.41, 5.74) is 4.14. The van der Waals surface area contributed by atoms with E-state index in [9.17, 15) is 0 Å². The average molecular weight is 364 g/mol. The number of rotatable bonds is 3. The Bertz CT molecular complexity index is 986. The van der Waals surface area contributed by atoms with Crippen molar-refractivity contribution >= 4 is 28.9 Å². The standard InChI is InChI=1S/C21H28N6/c1-20(2,3)12-23-17-14(22-7)11-15-19(26-17)27-18(25-15)13-9-8-10-16(24-13)21(4,5)6/h8-12,22H,1-7H3,(H,25,26,27). The van der Waals surface area contributed by atoms with Gasteiger partial charge in [-0.1, -0.05) is 47.6 Å². The molecule has 0 aromatic carbocycles. The lowest BCUT2D eigenvalue weighted by molar-refractivity contribution is 0.569. The molecule has 0 aliphatic heterocycles. The smallest absolute Gasteiger partial charge is 0.180 e. The Kier molecular flexibility index (Phi) is 4.76. The number of fused-ring (bicyclic) bond motifs is 1. The van der Waals surface area contributed by atoms with Crippen LogP contribution in [0, 0.1) is 5.41 Å². The lowest BCUT2D eigenvalue weighted by Gasteiger charge is -2.17. The molecule has 0 saturated heterocycles. The normalized spacial score (nSPS) is 12.9. The van der Waals surface area contributed by atoms with Gasteiger partial charge in [0.05, 0.1) is 11.2 Å². The van der Waals surface area contributed by atoms with Crippen LogP contribution in [0.5, 0.6) is 0 Å². The number of anilines is 1. The SMILES string of the molecule is CNc1cc2[nH]c(-c3cccc(C(C)(C)C)n3)nc2nc1N=CC(C)(C)C. The van der Waals surface area contributed by atoms with Crippen LogP contribution in [0.3, 0.4) is 0 Å². The number of aromatic amines is 1. The molecular formula is C21H28N6. The van der Waals surface area contributed by atoms with Crippen molar-refractivity contribution in [3.05, 3.63) is 30.0 Å². The Labute approximate surface area is 160 Å². The highest BCUT2D eigenvalue weighted by Crippen LogP contribution is 2.29. The van der Waals surface area contributed by atoms with Crippen molar-refractivity contribution in [1.29, 1.82) is 0 Å². The van der Waals surface area contributed by atoms with Gasteiger partial charge < -0.3 is 10.3 Å². The van der Waals surface area contributed by atoms with Crippen LogP contribution >= 0.6 is 0 Å². The van der Waals surface area contributed by atoms with Gasteiger partial charge in [0.25, 0.3) is 0 Å². The lowest BCUT2D eigenvalue weighted by Crippen LogP contribution is -2.13. The van der Waals surface area contributed by atoms with Crippen LogP contribution in [0.2, 0.25) is 0 Å². The zero-order chi connectivity index (χ0) is 19.8. The maximum atomic E-state index is 4.78. The number of nitrogens with one attached hydrogen (secondary N) is 2. The summed E-state index contributed by atoms with van der Waals surface area (Å²) in [4.78, 5) is 22.0. The quantitative estimate of drug-likeness (QED) is 0.633. The van der Waals surface area contributed by atoms with Crippen molar-refractivity contribution in [2.75, 3.05) is 12.4 Å². The number of imidazole rings is 1. The molecule has 3 rings (SSSR count). The third-order valence-electron chi connectivity index (χ3n) is 4.06. The fourth-order valence-corrected chi connectivity index (χ4v) is 2.58. The zero-order valence-corrected chi connectivity index (χ0v) is 17.2. The molecule has 3 heterocycles. The van der Waals surface area contributed by atoms with Gasteiger partial charge in [0.15, 0.2) is 17.3 Å². The van der Waals surface area contributed by atoms with Gasteiger partial charge in [-0.15, -0.1) is 0 Å². The van der Waals surface area contributed by atoms with Gasteiger partial charge in [-0.25, -0.2) is 19.9 Å². The summed E-state index contributed by atoms with van der Waals surface area (Å²) >= 11 is 0. The third kappa shape index (κ3) is 4.32. The number of H-pyrrole nitrogens is 1. The Balaban J connectivity index is 2.07. The minimum atomic E-state index is -0.0194. The van der Waals surface area contributed by atoms with Gasteiger partial charge in [-0.2, -0.15) is 0 Å². The van der Waals surface area contributed by atoms with Gasteiger partial charge >= 0.3 is 0 Å². The molecule has 0 unspecified atom stereocenters. The molecule has 0 radical (unpaired) electrons. The van der Waals surface area contributed by atoms with Crippen LogP contribution in [0.4, 0.5) is 11.5 Å². The molecule has 0 amide bonds. The molecule has 142 valence electrons. The van der Waals surface area contributed by atoms with Crippen LogP contribution in [-0.4, -0.2) is 33.2 Å². The van der Waals surface area contributed by atoms with Crippen LogP contribution in [0.15, 0.2) is 29.3 Å². The van der Waals surface area contributed by atoms with E-state index in [0.717, 1.165) is 22.6 Å². The molecule has 0 spiro atoms. The van der Waals surface area contributed by atoms with Crippen molar-refractivity contribution < 1.29 is 0 Å². The Morgan fingerprint density at radius 2 is 1.78 bits per heavy atom. The van der Waals surface area contributed by atoms with Crippen molar-refractivity contribution in [3.63, 3.8) is 0 Å². The van der Waals surface area contributed by atoms with E-state index in [0.29, 0.717) is 17.3 Å². The molecule has 6 heteroatoms. The first kappa shape index (κ1) is 19.0. The molecule has 0 aliphatic rings. The summed E-state index contributed by atoms with van der Waals surface area (Å²) < 4.78 is 0. The van der Waals surface area contributed by atoms with Crippen molar-refractivity contribution in [2.24, 2.45) is 10.4 Å². The first-order valence-corrected chi connectivity index (χ1v) is 9.18. The van der Waals surface area contributed by atoms with Gasteiger partial charge in [-0.3, -0.25) is 0 Å². The monoisotopic (exact) mass is 364 g/mol. The van der Waals surface area contributed by atoms with Crippen molar-refractivity contribution in [2.45, 2.75) is 47.0 Å². The van der Waals surface area contributed by atoms with Crippen LogP contribution < -0.4 is 5.32 Å². The summed E-state index contributed by atoms with van der Waals surface area (Å²) in [5.74, 6) is 1.34. The fraction of sp³-hybridized carbons (Fsp3) is 0.429. The van der Waals surface area contributed by atoms with Crippen molar-refractivity contribution in [3.8, 4) is 11.5 Å². The summed E-state index contributed by atoms with van der Waals surface area (Å²) in [6.07, 6.45) is 1.91. The highest BCUT2D eigenvalue weighted by Gasteiger charge is 2.17. The number of aromatic nitrogens is 4. The molecule has 0 aliphatic carbocycles. The summed E-state index contributed by atoms with van der Waals surface area (Å²) in [5, 5.41) is 3.16. The number of pyridine rings is 2. The Hall–Kier alpha value is -2.76. The van der Waals surface area contributed by atoms with E-state index in [1.807, 2.05) is 37.5 Å². The summed E-state index contributed by atoms with van der Waals surface area (Å²) in [6, 6.07) is 8.01.